The van der Waals surface area contributed by atoms with Crippen molar-refractivity contribution in [3.63, 3.8) is 0 Å². The highest BCUT2D eigenvalue weighted by atomic mass is 79.9. The predicted molar refractivity (Wildman–Crippen MR) is 130 cm³/mol. The van der Waals surface area contributed by atoms with E-state index in [0.29, 0.717) is 18.1 Å². The van der Waals surface area contributed by atoms with Gasteiger partial charge in [-0.15, -0.1) is 0 Å². The summed E-state index contributed by atoms with van der Waals surface area (Å²) in [6.45, 7) is 1.30. The second kappa shape index (κ2) is 10.2. The van der Waals surface area contributed by atoms with Gasteiger partial charge in [-0.2, -0.15) is 0 Å². The number of carbonyl (C=O) groups is 3. The van der Waals surface area contributed by atoms with E-state index in [9.17, 15) is 18.8 Å². The molecule has 1 aliphatic rings. The van der Waals surface area contributed by atoms with Gasteiger partial charge in [-0.1, -0.05) is 0 Å². The van der Waals surface area contributed by atoms with Crippen LogP contribution >= 0.6 is 15.9 Å². The Morgan fingerprint density at radius 2 is 1.80 bits per heavy atom. The molecular formula is C24H21BrFN5O4. The van der Waals surface area contributed by atoms with E-state index < -0.39 is 29.8 Å². The third kappa shape index (κ3) is 5.62. The largest absolute Gasteiger partial charge is 0.422 e. The van der Waals surface area contributed by atoms with E-state index in [0.717, 1.165) is 10.5 Å². The van der Waals surface area contributed by atoms with Crippen molar-refractivity contribution >= 4 is 45.3 Å². The van der Waals surface area contributed by atoms with Crippen LogP contribution in [0.15, 0.2) is 53.3 Å². The molecule has 35 heavy (non-hydrogen) atoms. The van der Waals surface area contributed by atoms with Gasteiger partial charge in [0, 0.05) is 41.4 Å². The van der Waals surface area contributed by atoms with Crippen molar-refractivity contribution in [1.29, 1.82) is 0 Å². The van der Waals surface area contributed by atoms with E-state index >= 15 is 0 Å². The van der Waals surface area contributed by atoms with E-state index in [1.165, 1.54) is 25.3 Å². The fourth-order valence-electron chi connectivity index (χ4n) is 3.57. The summed E-state index contributed by atoms with van der Waals surface area (Å²) in [4.78, 5) is 45.5. The second-order valence-electron chi connectivity index (χ2n) is 7.87. The molecule has 2 heterocycles. The maximum absolute atomic E-state index is 15.0. The van der Waals surface area contributed by atoms with E-state index in [-0.39, 0.29) is 28.2 Å². The first-order chi connectivity index (χ1) is 16.8. The number of hydrogen-bond donors (Lipinski definition) is 3. The number of amides is 2. The number of nitrogens with zero attached hydrogens (tertiary/aromatic N) is 2. The van der Waals surface area contributed by atoms with Gasteiger partial charge >= 0.3 is 12.0 Å². The molecule has 2 aromatic heterocycles. The van der Waals surface area contributed by atoms with Crippen LogP contribution < -0.4 is 20.7 Å². The zero-order chi connectivity index (χ0) is 25.1. The van der Waals surface area contributed by atoms with Crippen LogP contribution in [0.5, 0.6) is 5.75 Å². The summed E-state index contributed by atoms with van der Waals surface area (Å²) in [7, 11) is 1.69. The molecule has 0 aliphatic heterocycles. The Kier molecular flexibility index (Phi) is 7.06. The number of hydrogen-bond acceptors (Lipinski definition) is 7. The predicted octanol–water partition coefficient (Wildman–Crippen LogP) is 4.52. The van der Waals surface area contributed by atoms with Crippen molar-refractivity contribution in [3.05, 3.63) is 75.8 Å². The normalized spacial score (nSPS) is 16.2. The molecule has 1 aromatic carbocycles. The topological polar surface area (TPSA) is 122 Å². The number of Topliss-reactive ketones (excluding diaryl/α,β-unsaturated/α-hetero) is 1. The Morgan fingerprint density at radius 3 is 2.43 bits per heavy atom. The summed E-state index contributed by atoms with van der Waals surface area (Å²) in [5, 5.41) is 8.20. The van der Waals surface area contributed by atoms with Crippen LogP contribution in [-0.2, 0) is 0 Å². The molecule has 1 saturated carbocycles. The highest BCUT2D eigenvalue weighted by Crippen LogP contribution is 2.47. The summed E-state index contributed by atoms with van der Waals surface area (Å²) in [5.41, 5.74) is 0.280. The van der Waals surface area contributed by atoms with Crippen LogP contribution in [0, 0.1) is 5.82 Å². The second-order valence-corrected chi connectivity index (χ2v) is 8.79. The molecule has 0 saturated heterocycles. The quantitative estimate of drug-likeness (QED) is 0.228. The van der Waals surface area contributed by atoms with Crippen molar-refractivity contribution < 1.29 is 23.5 Å². The minimum absolute atomic E-state index is 0.0675. The van der Waals surface area contributed by atoms with Crippen molar-refractivity contribution in [2.24, 2.45) is 0 Å². The van der Waals surface area contributed by atoms with Crippen LogP contribution in [-0.4, -0.2) is 40.8 Å². The van der Waals surface area contributed by atoms with Gasteiger partial charge in [-0.3, -0.25) is 10.1 Å². The molecule has 9 nitrogen and oxygen atoms in total. The van der Waals surface area contributed by atoms with Crippen molar-refractivity contribution in [2.75, 3.05) is 17.7 Å². The number of rotatable bonds is 7. The minimum atomic E-state index is -0.779. The van der Waals surface area contributed by atoms with Gasteiger partial charge in [-0.05, 0) is 65.7 Å². The Labute approximate surface area is 208 Å². The minimum Gasteiger partial charge on any atom is -0.422 e. The third-order valence-corrected chi connectivity index (χ3v) is 5.89. The number of pyridine rings is 2. The van der Waals surface area contributed by atoms with Crippen LogP contribution in [0.25, 0.3) is 0 Å². The number of ketones is 1. The average molecular weight is 542 g/mol. The number of anilines is 2. The molecule has 3 aromatic rings. The van der Waals surface area contributed by atoms with Gasteiger partial charge < -0.3 is 15.4 Å². The van der Waals surface area contributed by atoms with E-state index in [2.05, 4.69) is 41.8 Å². The maximum atomic E-state index is 15.0. The summed E-state index contributed by atoms with van der Waals surface area (Å²) in [5.74, 6) is -1.53. The number of carbonyl (C=O) groups excluding carboxylic acids is 3. The lowest BCUT2D eigenvalue weighted by Crippen LogP contribution is -2.31. The number of halogens is 2. The van der Waals surface area contributed by atoms with Gasteiger partial charge in [0.1, 0.15) is 23.2 Å². The first kappa shape index (κ1) is 24.3. The standard InChI is InChI=1S/C24H21BrFN5O4/c1-12(32)15-5-6-17(26)21(22(15)35-23(33)13-3-7-19(27-2)28-10-13)16-9-18(16)30-24(34)31-20-8-4-14(25)11-29-20/h3-8,10-11,16,18H,9H2,1-2H3,(H,27,28)(H2,29,30,31,34). The molecular weight excluding hydrogens is 521 g/mol. The number of esters is 1. The maximum Gasteiger partial charge on any atom is 0.345 e. The SMILES string of the molecule is CNc1ccc(C(=O)Oc2c(C(C)=O)ccc(F)c2C2CC2NC(=O)Nc2ccc(Br)cn2)cn1. The lowest BCUT2D eigenvalue weighted by molar-refractivity contribution is 0.0730. The molecule has 2 unspecified atom stereocenters. The molecule has 0 bridgehead atoms. The van der Waals surface area contributed by atoms with E-state index in [1.54, 1.807) is 31.4 Å². The van der Waals surface area contributed by atoms with Crippen LogP contribution in [0.3, 0.4) is 0 Å². The molecule has 0 spiro atoms. The number of benzene rings is 1. The van der Waals surface area contributed by atoms with Crippen LogP contribution in [0.1, 0.15) is 45.5 Å². The van der Waals surface area contributed by atoms with Gasteiger partial charge in [0.25, 0.3) is 0 Å². The number of urea groups is 1. The lowest BCUT2D eigenvalue weighted by atomic mass is 10.0. The van der Waals surface area contributed by atoms with E-state index in [1.807, 2.05) is 0 Å². The number of aromatic nitrogens is 2. The van der Waals surface area contributed by atoms with Gasteiger partial charge in [0.2, 0.25) is 0 Å². The molecule has 3 N–H and O–H groups in total. The number of ether oxygens (including phenoxy) is 1. The Bertz CT molecular complexity index is 1280. The molecule has 4 rings (SSSR count). The molecule has 0 radical (unpaired) electrons. The Hall–Kier alpha value is -3.86. The summed E-state index contributed by atoms with van der Waals surface area (Å²) in [6.07, 6.45) is 3.27. The van der Waals surface area contributed by atoms with Crippen molar-refractivity contribution in [1.82, 2.24) is 15.3 Å². The smallest absolute Gasteiger partial charge is 0.345 e. The van der Waals surface area contributed by atoms with Gasteiger partial charge in [0.05, 0.1) is 11.1 Å². The van der Waals surface area contributed by atoms with Crippen LogP contribution in [0.2, 0.25) is 0 Å². The zero-order valence-electron chi connectivity index (χ0n) is 18.8. The molecule has 2 amide bonds. The summed E-state index contributed by atoms with van der Waals surface area (Å²) in [6, 6.07) is 7.97. The molecule has 11 heteroatoms. The average Bonchev–Trinajstić information content (AvgIpc) is 3.58. The van der Waals surface area contributed by atoms with E-state index in [4.69, 9.17) is 4.74 Å². The fraction of sp³-hybridized carbons (Fsp3) is 0.208. The van der Waals surface area contributed by atoms with Gasteiger partial charge in [-0.25, -0.2) is 23.9 Å². The zero-order valence-corrected chi connectivity index (χ0v) is 20.3. The molecule has 1 fully saturated rings. The Morgan fingerprint density at radius 1 is 1.06 bits per heavy atom. The molecule has 1 aliphatic carbocycles. The molecule has 2 atom stereocenters. The first-order valence-electron chi connectivity index (χ1n) is 10.6. The highest BCUT2D eigenvalue weighted by Gasteiger charge is 2.44. The monoisotopic (exact) mass is 541 g/mol. The first-order valence-corrected chi connectivity index (χ1v) is 11.4. The highest BCUT2D eigenvalue weighted by molar-refractivity contribution is 9.10. The molecule has 180 valence electrons. The van der Waals surface area contributed by atoms with Crippen molar-refractivity contribution in [3.8, 4) is 5.75 Å². The third-order valence-electron chi connectivity index (χ3n) is 5.42. The van der Waals surface area contributed by atoms with Gasteiger partial charge in [0.15, 0.2) is 5.78 Å². The number of nitrogens with one attached hydrogen (secondary N) is 3. The Balaban J connectivity index is 1.54. The lowest BCUT2D eigenvalue weighted by Gasteiger charge is -2.15. The summed E-state index contributed by atoms with van der Waals surface area (Å²) >= 11 is 3.27. The van der Waals surface area contributed by atoms with Crippen molar-refractivity contribution in [2.45, 2.75) is 25.3 Å². The summed E-state index contributed by atoms with van der Waals surface area (Å²) < 4.78 is 21.3. The van der Waals surface area contributed by atoms with Crippen LogP contribution in [0.4, 0.5) is 20.8 Å². The fourth-order valence-corrected chi connectivity index (χ4v) is 3.80.